The van der Waals surface area contributed by atoms with Gasteiger partial charge in [0.05, 0.1) is 6.42 Å². The molecule has 0 aromatic heterocycles. The van der Waals surface area contributed by atoms with E-state index in [2.05, 4.69) is 5.32 Å². The van der Waals surface area contributed by atoms with Crippen molar-refractivity contribution in [3.63, 3.8) is 0 Å². The first kappa shape index (κ1) is 16.0. The first-order chi connectivity index (χ1) is 10.5. The molecule has 0 aliphatic carbocycles. The lowest BCUT2D eigenvalue weighted by atomic mass is 10.1. The molecule has 0 radical (unpaired) electrons. The number of likely N-dealkylation sites (tertiary alicyclic amines) is 1. The Morgan fingerprint density at radius 1 is 1.14 bits per heavy atom. The first-order valence-electron chi connectivity index (χ1n) is 7.34. The third-order valence-electron chi connectivity index (χ3n) is 3.44. The number of nitrogens with one attached hydrogen (secondary N) is 1. The molecular weight excluding hydrogens is 284 g/mol. The summed E-state index contributed by atoms with van der Waals surface area (Å²) in [5.74, 6) is -0.709. The first-order valence-corrected chi connectivity index (χ1v) is 7.34. The van der Waals surface area contributed by atoms with E-state index in [1.54, 1.807) is 29.2 Å². The maximum Gasteiger partial charge on any atom is 0.310 e. The molecule has 0 saturated carbocycles. The second kappa shape index (κ2) is 7.59. The van der Waals surface area contributed by atoms with Gasteiger partial charge in [-0.05, 0) is 30.5 Å². The van der Waals surface area contributed by atoms with Crippen LogP contribution in [0.25, 0.3) is 0 Å². The van der Waals surface area contributed by atoms with E-state index in [9.17, 15) is 14.4 Å². The number of benzene rings is 1. The quantitative estimate of drug-likeness (QED) is 0.833. The highest BCUT2D eigenvalue weighted by Crippen LogP contribution is 2.11. The molecular formula is C16H20N2O4. The van der Waals surface area contributed by atoms with Gasteiger partial charge in [0.1, 0.15) is 0 Å². The van der Waals surface area contributed by atoms with E-state index < -0.39 is 5.97 Å². The van der Waals surface area contributed by atoms with Crippen molar-refractivity contribution in [2.75, 3.05) is 25.0 Å². The van der Waals surface area contributed by atoms with Crippen molar-refractivity contribution in [3.8, 4) is 0 Å². The predicted molar refractivity (Wildman–Crippen MR) is 81.2 cm³/mol. The summed E-state index contributed by atoms with van der Waals surface area (Å²) in [5, 5.41) is 2.65. The summed E-state index contributed by atoms with van der Waals surface area (Å²) in [5.41, 5.74) is 1.45. The Hall–Kier alpha value is -2.37. The number of amides is 2. The molecule has 1 saturated heterocycles. The van der Waals surface area contributed by atoms with Gasteiger partial charge in [-0.15, -0.1) is 0 Å². The highest BCUT2D eigenvalue weighted by atomic mass is 16.5. The van der Waals surface area contributed by atoms with Gasteiger partial charge >= 0.3 is 5.97 Å². The molecule has 1 heterocycles. The van der Waals surface area contributed by atoms with Crippen LogP contribution in [0, 0.1) is 0 Å². The van der Waals surface area contributed by atoms with Crippen LogP contribution in [0.5, 0.6) is 0 Å². The molecule has 0 unspecified atom stereocenters. The maximum absolute atomic E-state index is 11.8. The van der Waals surface area contributed by atoms with Gasteiger partial charge in [0.15, 0.2) is 6.61 Å². The number of hydrogen-bond acceptors (Lipinski definition) is 4. The van der Waals surface area contributed by atoms with Crippen LogP contribution in [0.15, 0.2) is 24.3 Å². The molecule has 0 atom stereocenters. The fraction of sp³-hybridized carbons (Fsp3) is 0.438. The fourth-order valence-corrected chi connectivity index (χ4v) is 2.33. The summed E-state index contributed by atoms with van der Waals surface area (Å²) in [4.78, 5) is 36.1. The number of rotatable bonds is 5. The standard InChI is InChI=1S/C16H20N2O4/c1-12(19)17-14-6-4-13(5-7-14)10-16(21)22-11-15(20)18-8-2-3-9-18/h4-7H,2-3,8-11H2,1H3,(H,17,19). The molecule has 1 fully saturated rings. The van der Waals surface area contributed by atoms with Crippen LogP contribution >= 0.6 is 0 Å². The van der Waals surface area contributed by atoms with Gasteiger partial charge in [0.25, 0.3) is 5.91 Å². The molecule has 0 bridgehead atoms. The van der Waals surface area contributed by atoms with Crippen molar-refractivity contribution < 1.29 is 19.1 Å². The number of carbonyl (C=O) groups excluding carboxylic acids is 3. The van der Waals surface area contributed by atoms with Gasteiger partial charge in [0.2, 0.25) is 5.91 Å². The van der Waals surface area contributed by atoms with Crippen LogP contribution in [-0.4, -0.2) is 42.4 Å². The number of esters is 1. The summed E-state index contributed by atoms with van der Waals surface area (Å²) in [6.45, 7) is 2.74. The largest absolute Gasteiger partial charge is 0.455 e. The van der Waals surface area contributed by atoms with Crippen LogP contribution in [0.3, 0.4) is 0 Å². The summed E-state index contributed by atoms with van der Waals surface area (Å²) in [6, 6.07) is 6.93. The van der Waals surface area contributed by atoms with Crippen LogP contribution in [-0.2, 0) is 25.5 Å². The molecule has 0 spiro atoms. The number of ether oxygens (including phenoxy) is 1. The van der Waals surface area contributed by atoms with Gasteiger partial charge in [-0.25, -0.2) is 0 Å². The molecule has 1 aliphatic rings. The second-order valence-electron chi connectivity index (χ2n) is 5.30. The van der Waals surface area contributed by atoms with Crippen molar-refractivity contribution in [2.24, 2.45) is 0 Å². The zero-order valence-electron chi connectivity index (χ0n) is 12.6. The SMILES string of the molecule is CC(=O)Nc1ccc(CC(=O)OCC(=O)N2CCCC2)cc1. The third-order valence-corrected chi connectivity index (χ3v) is 3.44. The summed E-state index contributed by atoms with van der Waals surface area (Å²) in [7, 11) is 0. The molecule has 22 heavy (non-hydrogen) atoms. The van der Waals surface area contributed by atoms with Crippen molar-refractivity contribution in [1.82, 2.24) is 4.90 Å². The average molecular weight is 304 g/mol. The predicted octanol–water partition coefficient (Wildman–Crippen LogP) is 1.35. The van der Waals surface area contributed by atoms with E-state index in [4.69, 9.17) is 4.74 Å². The van der Waals surface area contributed by atoms with E-state index in [0.29, 0.717) is 5.69 Å². The number of hydrogen-bond donors (Lipinski definition) is 1. The number of anilines is 1. The Bertz CT molecular complexity index is 548. The van der Waals surface area contributed by atoms with Crippen LogP contribution in [0.4, 0.5) is 5.69 Å². The Morgan fingerprint density at radius 3 is 2.36 bits per heavy atom. The molecule has 1 aromatic rings. The van der Waals surface area contributed by atoms with E-state index in [0.717, 1.165) is 31.5 Å². The zero-order chi connectivity index (χ0) is 15.9. The Balaban J connectivity index is 1.76. The third kappa shape index (κ3) is 4.87. The molecule has 6 heteroatoms. The van der Waals surface area contributed by atoms with E-state index in [-0.39, 0.29) is 24.8 Å². The fourth-order valence-electron chi connectivity index (χ4n) is 2.33. The summed E-state index contributed by atoms with van der Waals surface area (Å²) < 4.78 is 5.02. The molecule has 2 amide bonds. The van der Waals surface area contributed by atoms with Gasteiger partial charge in [0, 0.05) is 25.7 Å². The lowest BCUT2D eigenvalue weighted by Gasteiger charge is -2.14. The van der Waals surface area contributed by atoms with Crippen molar-refractivity contribution in [1.29, 1.82) is 0 Å². The topological polar surface area (TPSA) is 75.7 Å². The molecule has 2 rings (SSSR count). The Labute approximate surface area is 129 Å². The van der Waals surface area contributed by atoms with Gasteiger partial charge in [-0.2, -0.15) is 0 Å². The second-order valence-corrected chi connectivity index (χ2v) is 5.30. The van der Waals surface area contributed by atoms with E-state index in [1.165, 1.54) is 6.92 Å². The van der Waals surface area contributed by atoms with Gasteiger partial charge < -0.3 is 15.0 Å². The molecule has 1 aromatic carbocycles. The molecule has 118 valence electrons. The summed E-state index contributed by atoms with van der Waals surface area (Å²) >= 11 is 0. The van der Waals surface area contributed by atoms with Gasteiger partial charge in [-0.3, -0.25) is 14.4 Å². The minimum Gasteiger partial charge on any atom is -0.455 e. The minimum atomic E-state index is -0.431. The van der Waals surface area contributed by atoms with E-state index >= 15 is 0 Å². The highest BCUT2D eigenvalue weighted by Gasteiger charge is 2.19. The molecule has 1 N–H and O–H groups in total. The van der Waals surface area contributed by atoms with Crippen molar-refractivity contribution in [3.05, 3.63) is 29.8 Å². The van der Waals surface area contributed by atoms with Crippen LogP contribution in [0.2, 0.25) is 0 Å². The Morgan fingerprint density at radius 2 is 1.77 bits per heavy atom. The van der Waals surface area contributed by atoms with E-state index in [1.807, 2.05) is 0 Å². The van der Waals surface area contributed by atoms with Crippen molar-refractivity contribution in [2.45, 2.75) is 26.2 Å². The maximum atomic E-state index is 11.8. The Kier molecular flexibility index (Phi) is 5.52. The van der Waals surface area contributed by atoms with Crippen molar-refractivity contribution >= 4 is 23.5 Å². The highest BCUT2D eigenvalue weighted by molar-refractivity contribution is 5.88. The van der Waals surface area contributed by atoms with Crippen LogP contribution < -0.4 is 5.32 Å². The lowest BCUT2D eigenvalue weighted by Crippen LogP contribution is -2.32. The van der Waals surface area contributed by atoms with Gasteiger partial charge in [-0.1, -0.05) is 12.1 Å². The summed E-state index contributed by atoms with van der Waals surface area (Å²) in [6.07, 6.45) is 2.13. The average Bonchev–Trinajstić information content (AvgIpc) is 3.00. The normalized spacial score (nSPS) is 13.8. The van der Waals surface area contributed by atoms with Crippen LogP contribution in [0.1, 0.15) is 25.3 Å². The lowest BCUT2D eigenvalue weighted by molar-refractivity contribution is -0.151. The number of nitrogens with zero attached hydrogens (tertiary/aromatic N) is 1. The number of carbonyl (C=O) groups is 3. The minimum absolute atomic E-state index is 0.105. The monoisotopic (exact) mass is 304 g/mol. The smallest absolute Gasteiger partial charge is 0.310 e. The molecule has 6 nitrogen and oxygen atoms in total. The molecule has 1 aliphatic heterocycles. The zero-order valence-corrected chi connectivity index (χ0v) is 12.6.